The van der Waals surface area contributed by atoms with E-state index in [1.807, 2.05) is 11.3 Å². The van der Waals surface area contributed by atoms with Crippen LogP contribution in [0.15, 0.2) is 231 Å². The number of hydrogen-bond acceptors (Lipinski definition) is 3. The number of benzene rings is 11. The summed E-state index contributed by atoms with van der Waals surface area (Å²) < 4.78 is 2.60. The van der Waals surface area contributed by atoms with Crippen molar-refractivity contribution in [2.45, 2.75) is 38.5 Å². The van der Waals surface area contributed by atoms with Crippen LogP contribution in [0.1, 0.15) is 49.9 Å². The van der Waals surface area contributed by atoms with Gasteiger partial charge < -0.3 is 9.80 Å². The summed E-state index contributed by atoms with van der Waals surface area (Å²) in [6.07, 6.45) is 0. The largest absolute Gasteiger partial charge is 0.310 e. The average molecular weight is 927 g/mol. The van der Waals surface area contributed by atoms with Crippen LogP contribution in [-0.4, -0.2) is 0 Å². The predicted molar refractivity (Wildman–Crippen MR) is 304 cm³/mol. The van der Waals surface area contributed by atoms with Crippen LogP contribution in [0.5, 0.6) is 0 Å². The Kier molecular flexibility index (Phi) is 9.18. The second kappa shape index (κ2) is 15.6. The fourth-order valence-electron chi connectivity index (χ4n) is 12.2. The molecule has 12 aromatic rings. The van der Waals surface area contributed by atoms with E-state index in [0.29, 0.717) is 0 Å². The Labute approximate surface area is 419 Å². The van der Waals surface area contributed by atoms with Crippen molar-refractivity contribution in [1.82, 2.24) is 0 Å². The fourth-order valence-corrected chi connectivity index (χ4v) is 13.3. The molecular formula is C68H50N2S. The van der Waals surface area contributed by atoms with Crippen molar-refractivity contribution < 1.29 is 0 Å². The summed E-state index contributed by atoms with van der Waals surface area (Å²) in [6, 6.07) is 86.6. The van der Waals surface area contributed by atoms with Gasteiger partial charge in [-0.2, -0.15) is 0 Å². The van der Waals surface area contributed by atoms with E-state index in [1.165, 1.54) is 91.8 Å². The van der Waals surface area contributed by atoms with Crippen LogP contribution in [0.3, 0.4) is 0 Å². The van der Waals surface area contributed by atoms with Crippen LogP contribution in [0.25, 0.3) is 75.1 Å². The topological polar surface area (TPSA) is 6.48 Å². The molecule has 1 aromatic heterocycles. The molecule has 3 heteroatoms. The monoisotopic (exact) mass is 926 g/mol. The van der Waals surface area contributed by atoms with E-state index in [2.05, 4.69) is 268 Å². The van der Waals surface area contributed by atoms with E-state index < -0.39 is 0 Å². The molecule has 2 aliphatic carbocycles. The molecule has 0 unspecified atom stereocenters. The third kappa shape index (κ3) is 6.39. The third-order valence-electron chi connectivity index (χ3n) is 15.8. The van der Waals surface area contributed by atoms with E-state index >= 15 is 0 Å². The Hall–Kier alpha value is -8.24. The first-order chi connectivity index (χ1) is 34.7. The Balaban J connectivity index is 1.07. The molecule has 0 saturated carbocycles. The van der Waals surface area contributed by atoms with Gasteiger partial charge in [-0.3, -0.25) is 0 Å². The van der Waals surface area contributed by atoms with Crippen molar-refractivity contribution >= 4 is 87.2 Å². The van der Waals surface area contributed by atoms with E-state index in [-0.39, 0.29) is 10.8 Å². The number of anilines is 6. The van der Waals surface area contributed by atoms with Gasteiger partial charge >= 0.3 is 0 Å². The van der Waals surface area contributed by atoms with Gasteiger partial charge in [0.05, 0.1) is 11.4 Å². The first-order valence-corrected chi connectivity index (χ1v) is 25.6. The van der Waals surface area contributed by atoms with Crippen molar-refractivity contribution in [1.29, 1.82) is 0 Å². The molecule has 1 heterocycles. The molecule has 11 aromatic carbocycles. The van der Waals surface area contributed by atoms with Crippen LogP contribution in [-0.2, 0) is 10.8 Å². The van der Waals surface area contributed by atoms with Crippen LogP contribution >= 0.6 is 11.3 Å². The fraction of sp³-hybridized carbons (Fsp3) is 0.0882. The lowest BCUT2D eigenvalue weighted by molar-refractivity contribution is 0.660. The Bertz CT molecular complexity index is 3930. The molecule has 0 N–H and O–H groups in total. The van der Waals surface area contributed by atoms with Gasteiger partial charge in [0, 0.05) is 64.5 Å². The maximum absolute atomic E-state index is 2.52. The number of rotatable bonds is 7. The lowest BCUT2D eigenvalue weighted by Gasteiger charge is -2.32. The van der Waals surface area contributed by atoms with Gasteiger partial charge in [-0.05, 0) is 139 Å². The number of fused-ring (bicyclic) bond motifs is 11. The molecule has 0 aliphatic heterocycles. The molecule has 0 amide bonds. The summed E-state index contributed by atoms with van der Waals surface area (Å²) >= 11 is 1.87. The first-order valence-electron chi connectivity index (χ1n) is 24.8. The van der Waals surface area contributed by atoms with Gasteiger partial charge in [0.15, 0.2) is 0 Å². The normalized spacial score (nSPS) is 13.9. The number of nitrogens with zero attached hydrogens (tertiary/aromatic N) is 2. The average Bonchev–Trinajstić information content (AvgIpc) is 3.98. The van der Waals surface area contributed by atoms with Gasteiger partial charge in [0.1, 0.15) is 0 Å². The minimum atomic E-state index is -0.176. The molecule has 14 rings (SSSR count). The van der Waals surface area contributed by atoms with E-state index in [9.17, 15) is 0 Å². The van der Waals surface area contributed by atoms with Gasteiger partial charge in [0.2, 0.25) is 0 Å². The Morgan fingerprint density at radius 3 is 1.31 bits per heavy atom. The zero-order valence-electron chi connectivity index (χ0n) is 40.2. The summed E-state index contributed by atoms with van der Waals surface area (Å²) in [4.78, 5) is 5.05. The summed E-state index contributed by atoms with van der Waals surface area (Å²) in [5.74, 6) is 0. The van der Waals surface area contributed by atoms with Crippen molar-refractivity contribution in [3.8, 4) is 33.4 Å². The SMILES string of the molecule is CC1(C)c2ccccc2-c2ccc(N(c3cc(-c4ccc5sc6ccccc6c5c4)cc(N(c4ccc5c(c4)C(C)(C)c4ccccc4-5)c4cccc5ccccc45)c3)c3cccc4ccccc34)cc21. The van der Waals surface area contributed by atoms with Crippen LogP contribution < -0.4 is 9.80 Å². The van der Waals surface area contributed by atoms with Crippen LogP contribution in [0.2, 0.25) is 0 Å². The second-order valence-corrected chi connectivity index (χ2v) is 21.6. The molecule has 71 heavy (non-hydrogen) atoms. The molecule has 0 spiro atoms. The maximum atomic E-state index is 2.52. The summed E-state index contributed by atoms with van der Waals surface area (Å²) in [5, 5.41) is 7.38. The molecule has 0 bridgehead atoms. The lowest BCUT2D eigenvalue weighted by Crippen LogP contribution is -2.18. The van der Waals surface area contributed by atoms with Crippen molar-refractivity contribution in [3.05, 3.63) is 253 Å². The van der Waals surface area contributed by atoms with Crippen LogP contribution in [0.4, 0.5) is 34.1 Å². The highest BCUT2D eigenvalue weighted by molar-refractivity contribution is 7.25. The van der Waals surface area contributed by atoms with Crippen molar-refractivity contribution in [2.24, 2.45) is 0 Å². The first kappa shape index (κ1) is 41.7. The zero-order valence-corrected chi connectivity index (χ0v) is 41.1. The van der Waals surface area contributed by atoms with E-state index in [0.717, 1.165) is 39.7 Å². The van der Waals surface area contributed by atoms with Gasteiger partial charge in [-0.1, -0.05) is 185 Å². The predicted octanol–water partition coefficient (Wildman–Crippen LogP) is 19.6. The van der Waals surface area contributed by atoms with E-state index in [1.54, 1.807) is 0 Å². The maximum Gasteiger partial charge on any atom is 0.0540 e. The number of hydrogen-bond donors (Lipinski definition) is 0. The summed E-state index contributed by atoms with van der Waals surface area (Å²) in [7, 11) is 0. The quantitative estimate of drug-likeness (QED) is 0.157. The molecule has 0 radical (unpaired) electrons. The van der Waals surface area contributed by atoms with Gasteiger partial charge in [-0.15, -0.1) is 11.3 Å². The molecule has 2 aliphatic rings. The van der Waals surface area contributed by atoms with Crippen molar-refractivity contribution in [2.75, 3.05) is 9.80 Å². The molecule has 0 fully saturated rings. The smallest absolute Gasteiger partial charge is 0.0540 e. The molecule has 2 nitrogen and oxygen atoms in total. The minimum Gasteiger partial charge on any atom is -0.310 e. The second-order valence-electron chi connectivity index (χ2n) is 20.5. The lowest BCUT2D eigenvalue weighted by atomic mass is 9.82. The molecular weight excluding hydrogens is 877 g/mol. The molecule has 0 atom stereocenters. The highest BCUT2D eigenvalue weighted by Crippen LogP contribution is 2.54. The zero-order chi connectivity index (χ0) is 47.6. The summed E-state index contributed by atoms with van der Waals surface area (Å²) in [5.41, 5.74) is 19.3. The molecule has 338 valence electrons. The van der Waals surface area contributed by atoms with Crippen molar-refractivity contribution in [3.63, 3.8) is 0 Å². The Morgan fingerprint density at radius 2 is 0.746 bits per heavy atom. The number of thiophene rings is 1. The van der Waals surface area contributed by atoms with Gasteiger partial charge in [0.25, 0.3) is 0 Å². The van der Waals surface area contributed by atoms with Crippen LogP contribution in [0, 0.1) is 0 Å². The summed E-state index contributed by atoms with van der Waals surface area (Å²) in [6.45, 7) is 9.52. The Morgan fingerprint density at radius 1 is 0.296 bits per heavy atom. The van der Waals surface area contributed by atoms with Gasteiger partial charge in [-0.25, -0.2) is 0 Å². The highest BCUT2D eigenvalue weighted by Gasteiger charge is 2.37. The minimum absolute atomic E-state index is 0.176. The van der Waals surface area contributed by atoms with E-state index in [4.69, 9.17) is 0 Å². The highest BCUT2D eigenvalue weighted by atomic mass is 32.1. The standard InChI is InChI=1S/C68H50N2S/c1-67(2)59-26-12-9-23-53(59)55-34-32-47(41-61(55)67)69(63-28-15-19-43-17-5-7-21-51(43)63)49-37-46(45-31-36-66-58(39-45)57-25-11-14-30-65(57)71-66)38-50(40-49)70(64-29-16-20-44-18-6-8-22-52(44)64)48-33-35-56-54-24-10-13-27-60(54)68(3,4)62(56)42-48/h5-42H,1-4H3. The third-order valence-corrected chi connectivity index (χ3v) is 16.9. The molecule has 0 saturated heterocycles.